The molecule has 12 heavy (non-hydrogen) atoms. The van der Waals surface area contributed by atoms with Crippen LogP contribution in [0.4, 0.5) is 0 Å². The Kier molecular flexibility index (Phi) is 2.10. The van der Waals surface area contributed by atoms with Crippen LogP contribution in [-0.4, -0.2) is 28.4 Å². The molecule has 0 amide bonds. The molecule has 2 aliphatic rings. The van der Waals surface area contributed by atoms with Gasteiger partial charge in [-0.3, -0.25) is 4.90 Å². The summed E-state index contributed by atoms with van der Waals surface area (Å²) in [5.41, 5.74) is 0. The zero-order valence-corrected chi connectivity index (χ0v) is 9.07. The van der Waals surface area contributed by atoms with Crippen molar-refractivity contribution in [2.45, 2.75) is 30.6 Å². The van der Waals surface area contributed by atoms with Crippen molar-refractivity contribution in [2.24, 2.45) is 11.8 Å². The maximum absolute atomic E-state index is 6.14. The highest BCUT2D eigenvalue weighted by atomic mass is 35.5. The molecule has 0 radical (unpaired) electrons. The third kappa shape index (κ3) is 1.03. The van der Waals surface area contributed by atoms with Gasteiger partial charge in [0.25, 0.3) is 0 Å². The predicted octanol–water partition coefficient (Wildman–Crippen LogP) is 2.52. The zero-order valence-electron chi connectivity index (χ0n) is 7.56. The van der Waals surface area contributed by atoms with Crippen molar-refractivity contribution >= 4 is 23.2 Å². The van der Waals surface area contributed by atoms with Crippen LogP contribution in [0, 0.1) is 11.8 Å². The Hall–Kier alpha value is 0.540. The number of nitrogens with zero attached hydrogens (tertiary/aromatic N) is 1. The molecule has 0 spiro atoms. The molecule has 0 bridgehead atoms. The topological polar surface area (TPSA) is 3.24 Å². The second-order valence-corrected chi connectivity index (χ2v) is 5.31. The summed E-state index contributed by atoms with van der Waals surface area (Å²) in [6.07, 6.45) is 1.18. The average molecular weight is 208 g/mol. The van der Waals surface area contributed by atoms with Crippen LogP contribution in [0.25, 0.3) is 0 Å². The smallest absolute Gasteiger partial charge is 0.127 e. The molecular formula is C9H15Cl2N. The van der Waals surface area contributed by atoms with Gasteiger partial charge >= 0.3 is 0 Å². The van der Waals surface area contributed by atoms with Gasteiger partial charge in [-0.05, 0) is 13.0 Å². The molecule has 1 heterocycles. The summed E-state index contributed by atoms with van der Waals surface area (Å²) in [7, 11) is 0. The average Bonchev–Trinajstić information content (AvgIpc) is 2.50. The van der Waals surface area contributed by atoms with Crippen molar-refractivity contribution in [3.8, 4) is 0 Å². The number of alkyl halides is 2. The largest absolute Gasteiger partial charge is 0.300 e. The fourth-order valence-electron chi connectivity index (χ4n) is 2.67. The molecule has 3 atom stereocenters. The minimum absolute atomic E-state index is 0.383. The van der Waals surface area contributed by atoms with E-state index in [2.05, 4.69) is 18.7 Å². The van der Waals surface area contributed by atoms with E-state index in [9.17, 15) is 0 Å². The summed E-state index contributed by atoms with van der Waals surface area (Å²) in [6.45, 7) is 6.66. The fourth-order valence-corrected chi connectivity index (χ4v) is 3.55. The Bertz CT molecular complexity index is 193. The monoisotopic (exact) mass is 207 g/mol. The van der Waals surface area contributed by atoms with Crippen LogP contribution >= 0.6 is 23.2 Å². The van der Waals surface area contributed by atoms with E-state index in [4.69, 9.17) is 23.2 Å². The van der Waals surface area contributed by atoms with E-state index in [-0.39, 0.29) is 4.33 Å². The Labute approximate surface area is 84.0 Å². The minimum atomic E-state index is -0.383. The number of hydrogen-bond acceptors (Lipinski definition) is 1. The maximum Gasteiger partial charge on any atom is 0.127 e. The molecule has 2 fully saturated rings. The van der Waals surface area contributed by atoms with Gasteiger partial charge in [-0.15, -0.1) is 23.2 Å². The molecule has 1 aliphatic heterocycles. The van der Waals surface area contributed by atoms with Crippen molar-refractivity contribution in [2.75, 3.05) is 13.1 Å². The lowest BCUT2D eigenvalue weighted by atomic mass is 10.1. The van der Waals surface area contributed by atoms with Crippen LogP contribution in [0.3, 0.4) is 0 Å². The summed E-state index contributed by atoms with van der Waals surface area (Å²) in [4.78, 5) is 2.50. The number of rotatable bonds is 2. The van der Waals surface area contributed by atoms with Gasteiger partial charge in [-0.2, -0.15) is 0 Å². The van der Waals surface area contributed by atoms with Crippen molar-refractivity contribution in [1.82, 2.24) is 4.90 Å². The Morgan fingerprint density at radius 1 is 1.42 bits per heavy atom. The van der Waals surface area contributed by atoms with Crippen molar-refractivity contribution in [1.29, 1.82) is 0 Å². The molecule has 0 N–H and O–H groups in total. The molecule has 0 aromatic rings. The zero-order chi connectivity index (χ0) is 8.93. The summed E-state index contributed by atoms with van der Waals surface area (Å²) in [5, 5.41) is 0. The second-order valence-electron chi connectivity index (χ2n) is 3.87. The minimum Gasteiger partial charge on any atom is -0.300 e. The van der Waals surface area contributed by atoms with Gasteiger partial charge in [-0.25, -0.2) is 0 Å². The van der Waals surface area contributed by atoms with E-state index in [1.54, 1.807) is 0 Å². The Morgan fingerprint density at radius 3 is 2.58 bits per heavy atom. The lowest BCUT2D eigenvalue weighted by Gasteiger charge is -2.27. The first kappa shape index (κ1) is 9.11. The highest BCUT2D eigenvalue weighted by Crippen LogP contribution is 2.65. The molecular weight excluding hydrogens is 193 g/mol. The van der Waals surface area contributed by atoms with Crippen molar-refractivity contribution in [3.63, 3.8) is 0 Å². The third-order valence-corrected chi connectivity index (χ3v) is 4.47. The van der Waals surface area contributed by atoms with Gasteiger partial charge in [-0.1, -0.05) is 13.8 Å². The van der Waals surface area contributed by atoms with E-state index in [0.29, 0.717) is 17.9 Å². The van der Waals surface area contributed by atoms with Gasteiger partial charge in [0.1, 0.15) is 4.33 Å². The molecule has 3 heteroatoms. The van der Waals surface area contributed by atoms with Crippen LogP contribution in [0.2, 0.25) is 0 Å². The predicted molar refractivity (Wildman–Crippen MR) is 52.7 cm³/mol. The normalized spacial score (nSPS) is 44.5. The van der Waals surface area contributed by atoms with E-state index in [1.165, 1.54) is 6.42 Å². The third-order valence-electron chi connectivity index (χ3n) is 3.40. The lowest BCUT2D eigenvalue weighted by Crippen LogP contribution is -2.35. The number of piperidine rings is 1. The highest BCUT2D eigenvalue weighted by molar-refractivity contribution is 6.51. The van der Waals surface area contributed by atoms with Crippen LogP contribution in [0.15, 0.2) is 0 Å². The van der Waals surface area contributed by atoms with Crippen molar-refractivity contribution < 1.29 is 0 Å². The lowest BCUT2D eigenvalue weighted by molar-refractivity contribution is 0.223. The molecule has 2 rings (SSSR count). The maximum atomic E-state index is 6.14. The van der Waals surface area contributed by atoms with Gasteiger partial charge in [0.2, 0.25) is 0 Å². The van der Waals surface area contributed by atoms with Gasteiger partial charge in [0.15, 0.2) is 0 Å². The first-order valence-electron chi connectivity index (χ1n) is 4.74. The molecule has 0 aromatic carbocycles. The van der Waals surface area contributed by atoms with E-state index in [0.717, 1.165) is 13.1 Å². The SMILES string of the molecule is CCC1[C@@H]2[C@H](CN1CC)C2(Cl)Cl. The summed E-state index contributed by atoms with van der Waals surface area (Å²) < 4.78 is -0.383. The van der Waals surface area contributed by atoms with Crippen LogP contribution < -0.4 is 0 Å². The molecule has 1 unspecified atom stereocenters. The molecule has 1 nitrogen and oxygen atoms in total. The van der Waals surface area contributed by atoms with E-state index in [1.807, 2.05) is 0 Å². The second kappa shape index (κ2) is 2.76. The summed E-state index contributed by atoms with van der Waals surface area (Å²) >= 11 is 12.3. The highest BCUT2D eigenvalue weighted by Gasteiger charge is 2.70. The van der Waals surface area contributed by atoms with Gasteiger partial charge in [0, 0.05) is 24.4 Å². The Morgan fingerprint density at radius 2 is 2.08 bits per heavy atom. The van der Waals surface area contributed by atoms with Gasteiger partial charge < -0.3 is 0 Å². The number of likely N-dealkylation sites (tertiary alicyclic amines) is 1. The van der Waals surface area contributed by atoms with Crippen LogP contribution in [0.5, 0.6) is 0 Å². The fraction of sp³-hybridized carbons (Fsp3) is 1.00. The van der Waals surface area contributed by atoms with Crippen molar-refractivity contribution in [3.05, 3.63) is 0 Å². The molecule has 1 aliphatic carbocycles. The quantitative estimate of drug-likeness (QED) is 0.630. The first-order valence-corrected chi connectivity index (χ1v) is 5.50. The molecule has 70 valence electrons. The van der Waals surface area contributed by atoms with Crippen LogP contribution in [-0.2, 0) is 0 Å². The molecule has 0 aromatic heterocycles. The number of fused-ring (bicyclic) bond motifs is 1. The number of hydrogen-bond donors (Lipinski definition) is 0. The van der Waals surface area contributed by atoms with E-state index >= 15 is 0 Å². The molecule has 1 saturated heterocycles. The number of halogens is 2. The van der Waals surface area contributed by atoms with Gasteiger partial charge in [0.05, 0.1) is 0 Å². The first-order chi connectivity index (χ1) is 5.62. The Balaban J connectivity index is 2.07. The summed E-state index contributed by atoms with van der Waals surface area (Å²) in [5.74, 6) is 1.09. The summed E-state index contributed by atoms with van der Waals surface area (Å²) in [6, 6.07) is 0.634. The standard InChI is InChI=1S/C9H15Cl2N/c1-3-7-8-6(9(8,10)11)5-12(7)4-2/h6-8H,3-5H2,1-2H3/t6-,7?,8-/m0/s1. The van der Waals surface area contributed by atoms with Crippen LogP contribution in [0.1, 0.15) is 20.3 Å². The van der Waals surface area contributed by atoms with E-state index < -0.39 is 0 Å². The molecule has 1 saturated carbocycles.